The van der Waals surface area contributed by atoms with Gasteiger partial charge < -0.3 is 14.7 Å². The first-order valence-electron chi connectivity index (χ1n) is 13.0. The van der Waals surface area contributed by atoms with Crippen molar-refractivity contribution in [2.75, 3.05) is 0 Å². The van der Waals surface area contributed by atoms with E-state index < -0.39 is 17.7 Å². The number of ketones is 1. The average molecular weight is 519 g/mol. The number of aromatic nitrogens is 1. The number of aryl methyl sites for hydroxylation is 2. The number of pyridine rings is 1. The SMILES string of the molecule is CCc1ccc(C2/C(=C(\O)c3ccc(OCc4ccccc4C)cc3)C(=O)C(=O)N2Cc2ccncc2)cc1. The van der Waals surface area contributed by atoms with Crippen LogP contribution in [0.1, 0.15) is 46.3 Å². The lowest BCUT2D eigenvalue weighted by atomic mass is 9.94. The largest absolute Gasteiger partial charge is 0.507 e. The second kappa shape index (κ2) is 11.4. The molecule has 1 amide bonds. The predicted octanol–water partition coefficient (Wildman–Crippen LogP) is 6.15. The zero-order valence-corrected chi connectivity index (χ0v) is 22.0. The first-order chi connectivity index (χ1) is 19.0. The highest BCUT2D eigenvalue weighted by Gasteiger charge is 2.46. The molecule has 1 aromatic heterocycles. The highest BCUT2D eigenvalue weighted by Crippen LogP contribution is 2.40. The van der Waals surface area contributed by atoms with Crippen molar-refractivity contribution in [3.63, 3.8) is 0 Å². The summed E-state index contributed by atoms with van der Waals surface area (Å²) in [4.78, 5) is 32.2. The van der Waals surface area contributed by atoms with Gasteiger partial charge in [0.1, 0.15) is 18.1 Å². The number of aliphatic hydroxyl groups is 1. The summed E-state index contributed by atoms with van der Waals surface area (Å²) in [6, 6.07) is 25.7. The van der Waals surface area contributed by atoms with Gasteiger partial charge in [0.05, 0.1) is 11.6 Å². The Morgan fingerprint density at radius 1 is 0.897 bits per heavy atom. The fraction of sp³-hybridized carbons (Fsp3) is 0.182. The molecule has 1 atom stereocenters. The molecule has 4 aromatic rings. The third-order valence-corrected chi connectivity index (χ3v) is 7.13. The first-order valence-corrected chi connectivity index (χ1v) is 13.0. The Balaban J connectivity index is 1.48. The average Bonchev–Trinajstić information content (AvgIpc) is 3.22. The van der Waals surface area contributed by atoms with Crippen LogP contribution < -0.4 is 4.74 Å². The Labute approximate surface area is 228 Å². The third-order valence-electron chi connectivity index (χ3n) is 7.13. The van der Waals surface area contributed by atoms with Crippen LogP contribution in [0.15, 0.2) is 103 Å². The molecular formula is C33H30N2O4. The zero-order chi connectivity index (χ0) is 27.4. The monoisotopic (exact) mass is 518 g/mol. The molecule has 1 fully saturated rings. The Morgan fingerprint density at radius 3 is 2.26 bits per heavy atom. The van der Waals surface area contributed by atoms with Gasteiger partial charge in [-0.05, 0) is 77.6 Å². The molecule has 6 heteroatoms. The smallest absolute Gasteiger partial charge is 0.295 e. The lowest BCUT2D eigenvalue weighted by Gasteiger charge is -2.25. The second-order valence-electron chi connectivity index (χ2n) is 9.62. The van der Waals surface area contributed by atoms with Crippen molar-refractivity contribution in [3.8, 4) is 5.75 Å². The standard InChI is InChI=1S/C33H30N2O4/c1-3-23-8-10-25(11-9-23)30-29(32(37)33(38)35(30)20-24-16-18-34-19-17-24)31(36)26-12-14-28(15-13-26)39-21-27-7-5-4-6-22(27)2/h4-19,30,36H,3,20-21H2,1-2H3/b31-29+. The van der Waals surface area contributed by atoms with Crippen molar-refractivity contribution in [2.24, 2.45) is 0 Å². The number of carbonyl (C=O) groups is 2. The number of carbonyl (C=O) groups excluding carboxylic acids is 2. The summed E-state index contributed by atoms with van der Waals surface area (Å²) in [7, 11) is 0. The summed E-state index contributed by atoms with van der Waals surface area (Å²) in [6.45, 7) is 4.75. The van der Waals surface area contributed by atoms with Crippen LogP contribution in [-0.2, 0) is 29.2 Å². The van der Waals surface area contributed by atoms with E-state index in [1.807, 2.05) is 67.6 Å². The van der Waals surface area contributed by atoms with Crippen LogP contribution in [0.25, 0.3) is 5.76 Å². The van der Waals surface area contributed by atoms with Gasteiger partial charge >= 0.3 is 0 Å². The van der Waals surface area contributed by atoms with E-state index >= 15 is 0 Å². The van der Waals surface area contributed by atoms with Crippen LogP contribution in [0.5, 0.6) is 5.75 Å². The lowest BCUT2D eigenvalue weighted by Crippen LogP contribution is -2.29. The molecule has 1 N–H and O–H groups in total. The highest BCUT2D eigenvalue weighted by molar-refractivity contribution is 6.46. The van der Waals surface area contributed by atoms with Gasteiger partial charge in [0.25, 0.3) is 11.7 Å². The molecule has 0 spiro atoms. The van der Waals surface area contributed by atoms with Gasteiger partial charge in [-0.15, -0.1) is 0 Å². The topological polar surface area (TPSA) is 79.7 Å². The van der Waals surface area contributed by atoms with Gasteiger partial charge in [0, 0.05) is 24.5 Å². The molecule has 0 saturated carbocycles. The molecule has 1 saturated heterocycles. The van der Waals surface area contributed by atoms with E-state index in [9.17, 15) is 14.7 Å². The number of hydrogen-bond acceptors (Lipinski definition) is 5. The molecule has 3 aromatic carbocycles. The van der Waals surface area contributed by atoms with E-state index in [0.717, 1.165) is 34.2 Å². The minimum absolute atomic E-state index is 0.0758. The van der Waals surface area contributed by atoms with E-state index in [-0.39, 0.29) is 17.9 Å². The number of hydrogen-bond donors (Lipinski definition) is 1. The molecule has 6 nitrogen and oxygen atoms in total. The molecular weight excluding hydrogens is 488 g/mol. The van der Waals surface area contributed by atoms with Crippen LogP contribution in [0.4, 0.5) is 0 Å². The second-order valence-corrected chi connectivity index (χ2v) is 9.62. The van der Waals surface area contributed by atoms with E-state index in [1.165, 1.54) is 4.90 Å². The lowest BCUT2D eigenvalue weighted by molar-refractivity contribution is -0.140. The van der Waals surface area contributed by atoms with Crippen LogP contribution in [0.3, 0.4) is 0 Å². The van der Waals surface area contributed by atoms with Gasteiger partial charge in [0.15, 0.2) is 0 Å². The Kier molecular flexibility index (Phi) is 7.55. The molecule has 196 valence electrons. The molecule has 1 aliphatic heterocycles. The number of amides is 1. The minimum atomic E-state index is -0.721. The summed E-state index contributed by atoms with van der Waals surface area (Å²) >= 11 is 0. The number of Topliss-reactive ketones (excluding diaryl/α,β-unsaturated/α-hetero) is 1. The molecule has 1 aliphatic rings. The zero-order valence-electron chi connectivity index (χ0n) is 22.0. The fourth-order valence-electron chi connectivity index (χ4n) is 4.81. The van der Waals surface area contributed by atoms with Crippen LogP contribution >= 0.6 is 0 Å². The minimum Gasteiger partial charge on any atom is -0.507 e. The highest BCUT2D eigenvalue weighted by atomic mass is 16.5. The van der Waals surface area contributed by atoms with Gasteiger partial charge in [-0.2, -0.15) is 0 Å². The van der Waals surface area contributed by atoms with E-state index in [1.54, 1.807) is 36.7 Å². The first kappa shape index (κ1) is 25.9. The van der Waals surface area contributed by atoms with Crippen LogP contribution in [-0.4, -0.2) is 26.7 Å². The van der Waals surface area contributed by atoms with E-state index in [2.05, 4.69) is 11.9 Å². The molecule has 1 unspecified atom stereocenters. The van der Waals surface area contributed by atoms with Crippen LogP contribution in [0.2, 0.25) is 0 Å². The number of ether oxygens (including phenoxy) is 1. The number of benzene rings is 3. The van der Waals surface area contributed by atoms with Crippen molar-refractivity contribution >= 4 is 17.4 Å². The molecule has 0 radical (unpaired) electrons. The molecule has 2 heterocycles. The maximum absolute atomic E-state index is 13.3. The van der Waals surface area contributed by atoms with Gasteiger partial charge in [0.2, 0.25) is 0 Å². The third kappa shape index (κ3) is 5.46. The number of aliphatic hydroxyl groups excluding tert-OH is 1. The predicted molar refractivity (Wildman–Crippen MR) is 150 cm³/mol. The number of nitrogens with zero attached hydrogens (tertiary/aromatic N) is 2. The van der Waals surface area contributed by atoms with Crippen molar-refractivity contribution in [1.82, 2.24) is 9.88 Å². The summed E-state index contributed by atoms with van der Waals surface area (Å²) in [6.07, 6.45) is 4.18. The Bertz CT molecular complexity index is 1510. The Hall–Kier alpha value is -4.71. The van der Waals surface area contributed by atoms with Gasteiger partial charge in [-0.25, -0.2) is 0 Å². The van der Waals surface area contributed by atoms with Crippen molar-refractivity contribution in [1.29, 1.82) is 0 Å². The van der Waals surface area contributed by atoms with E-state index in [0.29, 0.717) is 17.9 Å². The normalized spacial score (nSPS) is 16.5. The fourth-order valence-corrected chi connectivity index (χ4v) is 4.81. The van der Waals surface area contributed by atoms with Gasteiger partial charge in [-0.1, -0.05) is 55.5 Å². The summed E-state index contributed by atoms with van der Waals surface area (Å²) in [5.74, 6) is -0.914. The van der Waals surface area contributed by atoms with Crippen molar-refractivity contribution in [3.05, 3.63) is 136 Å². The molecule has 0 bridgehead atoms. The van der Waals surface area contributed by atoms with Crippen molar-refractivity contribution < 1.29 is 19.4 Å². The number of likely N-dealkylation sites (tertiary alicyclic amines) is 1. The summed E-state index contributed by atoms with van der Waals surface area (Å²) in [5.41, 5.74) is 5.51. The molecule has 39 heavy (non-hydrogen) atoms. The number of rotatable bonds is 8. The summed E-state index contributed by atoms with van der Waals surface area (Å²) < 4.78 is 5.93. The molecule has 5 rings (SSSR count). The maximum atomic E-state index is 13.3. The van der Waals surface area contributed by atoms with Crippen LogP contribution in [0, 0.1) is 6.92 Å². The quantitative estimate of drug-likeness (QED) is 0.172. The van der Waals surface area contributed by atoms with E-state index in [4.69, 9.17) is 4.74 Å². The summed E-state index contributed by atoms with van der Waals surface area (Å²) in [5, 5.41) is 11.4. The molecule has 0 aliphatic carbocycles. The Morgan fingerprint density at radius 2 is 1.59 bits per heavy atom. The maximum Gasteiger partial charge on any atom is 0.295 e. The van der Waals surface area contributed by atoms with Gasteiger partial charge in [-0.3, -0.25) is 14.6 Å². The van der Waals surface area contributed by atoms with Crippen molar-refractivity contribution in [2.45, 2.75) is 39.5 Å².